The van der Waals surface area contributed by atoms with E-state index < -0.39 is 0 Å². The van der Waals surface area contributed by atoms with Crippen LogP contribution >= 0.6 is 28.1 Å². The molecule has 2 aromatic heterocycles. The zero-order chi connectivity index (χ0) is 22.2. The molecule has 160 valence electrons. The SMILES string of the molecule is Cc1ccc(-c2ccc([C@@H]3[C@H](c4ccccn4)NC(=S)N3c3ccc(F)cc3)o2)c(Br)c1. The maximum absolute atomic E-state index is 13.6. The van der Waals surface area contributed by atoms with Crippen LogP contribution in [0.3, 0.4) is 0 Å². The molecule has 3 heterocycles. The first-order chi connectivity index (χ1) is 15.5. The normalized spacial score (nSPS) is 18.1. The number of halogens is 2. The lowest BCUT2D eigenvalue weighted by molar-refractivity contribution is 0.439. The van der Waals surface area contributed by atoms with E-state index in [1.807, 2.05) is 48.2 Å². The summed E-state index contributed by atoms with van der Waals surface area (Å²) in [7, 11) is 0. The zero-order valence-corrected chi connectivity index (χ0v) is 19.5. The predicted octanol–water partition coefficient (Wildman–Crippen LogP) is 6.73. The third-order valence-electron chi connectivity index (χ3n) is 5.51. The van der Waals surface area contributed by atoms with Gasteiger partial charge in [-0.3, -0.25) is 4.98 Å². The van der Waals surface area contributed by atoms with Crippen molar-refractivity contribution in [3.05, 3.63) is 106 Å². The molecule has 4 aromatic rings. The molecule has 1 fully saturated rings. The van der Waals surface area contributed by atoms with E-state index in [-0.39, 0.29) is 17.9 Å². The topological polar surface area (TPSA) is 41.3 Å². The highest BCUT2D eigenvalue weighted by molar-refractivity contribution is 9.10. The first-order valence-electron chi connectivity index (χ1n) is 10.1. The number of aryl methyl sites for hydroxylation is 1. The standard InChI is InChI=1S/C25H19BrFN3OS/c1-15-5-10-18(19(26)14-15)21-11-12-22(31-21)24-23(20-4-2-3-13-28-20)29-25(32)30(24)17-8-6-16(27)7-9-17/h2-14,23-24H,1H3,(H,29,32)/t23-,24+/m0/s1. The van der Waals surface area contributed by atoms with Gasteiger partial charge in [-0.2, -0.15) is 0 Å². The first kappa shape index (κ1) is 20.8. The molecular weight excluding hydrogens is 489 g/mol. The molecule has 2 atom stereocenters. The number of benzene rings is 2. The molecule has 4 nitrogen and oxygen atoms in total. The van der Waals surface area contributed by atoms with E-state index in [0.717, 1.165) is 38.5 Å². The van der Waals surface area contributed by atoms with Crippen molar-refractivity contribution < 1.29 is 8.81 Å². The number of rotatable bonds is 4. The Hall–Kier alpha value is -3.03. The molecule has 0 aliphatic carbocycles. The second-order valence-electron chi connectivity index (χ2n) is 7.66. The van der Waals surface area contributed by atoms with Crippen LogP contribution < -0.4 is 10.2 Å². The summed E-state index contributed by atoms with van der Waals surface area (Å²) in [6.45, 7) is 2.05. The maximum Gasteiger partial charge on any atom is 0.174 e. The largest absolute Gasteiger partial charge is 0.459 e. The molecule has 32 heavy (non-hydrogen) atoms. The average molecular weight is 508 g/mol. The summed E-state index contributed by atoms with van der Waals surface area (Å²) < 4.78 is 20.9. The Morgan fingerprint density at radius 3 is 2.59 bits per heavy atom. The average Bonchev–Trinajstić information content (AvgIpc) is 3.39. The number of furan rings is 1. The van der Waals surface area contributed by atoms with Crippen LogP contribution in [0.1, 0.15) is 29.1 Å². The molecule has 0 amide bonds. The molecule has 1 aliphatic heterocycles. The smallest absolute Gasteiger partial charge is 0.174 e. The van der Waals surface area contributed by atoms with Crippen LogP contribution in [0.15, 0.2) is 87.9 Å². The van der Waals surface area contributed by atoms with E-state index in [9.17, 15) is 4.39 Å². The fourth-order valence-corrected chi connectivity index (χ4v) is 5.03. The van der Waals surface area contributed by atoms with Crippen molar-refractivity contribution in [3.63, 3.8) is 0 Å². The van der Waals surface area contributed by atoms with Crippen LogP contribution in [0, 0.1) is 12.7 Å². The molecule has 0 bridgehead atoms. The van der Waals surface area contributed by atoms with Gasteiger partial charge >= 0.3 is 0 Å². The van der Waals surface area contributed by atoms with Crippen molar-refractivity contribution in [1.29, 1.82) is 0 Å². The second kappa shape index (κ2) is 8.48. The molecule has 0 spiro atoms. The van der Waals surface area contributed by atoms with E-state index in [1.54, 1.807) is 18.3 Å². The van der Waals surface area contributed by atoms with E-state index in [4.69, 9.17) is 16.6 Å². The highest BCUT2D eigenvalue weighted by atomic mass is 79.9. The summed E-state index contributed by atoms with van der Waals surface area (Å²) in [5.74, 6) is 1.19. The summed E-state index contributed by atoms with van der Waals surface area (Å²) in [6, 6.07) is 21.6. The molecular formula is C25H19BrFN3OS. The van der Waals surface area contributed by atoms with E-state index >= 15 is 0 Å². The van der Waals surface area contributed by atoms with Gasteiger partial charge in [-0.25, -0.2) is 4.39 Å². The summed E-state index contributed by atoms with van der Waals surface area (Å²) in [4.78, 5) is 6.50. The van der Waals surface area contributed by atoms with E-state index in [2.05, 4.69) is 38.4 Å². The van der Waals surface area contributed by atoms with Gasteiger partial charge in [-0.05, 0) is 85.4 Å². The van der Waals surface area contributed by atoms with Crippen molar-refractivity contribution in [3.8, 4) is 11.3 Å². The van der Waals surface area contributed by atoms with Crippen molar-refractivity contribution in [2.24, 2.45) is 0 Å². The van der Waals surface area contributed by atoms with Crippen molar-refractivity contribution in [2.45, 2.75) is 19.0 Å². The van der Waals surface area contributed by atoms with E-state index in [1.165, 1.54) is 12.1 Å². The minimum Gasteiger partial charge on any atom is -0.459 e. The first-order valence-corrected chi connectivity index (χ1v) is 11.3. The number of aromatic nitrogens is 1. The minimum absolute atomic E-state index is 0.228. The van der Waals surface area contributed by atoms with Crippen LogP contribution in [0.5, 0.6) is 0 Å². The lowest BCUT2D eigenvalue weighted by atomic mass is 10.0. The molecule has 5 rings (SSSR count). The van der Waals surface area contributed by atoms with Gasteiger partial charge in [-0.1, -0.05) is 28.1 Å². The summed E-state index contributed by atoms with van der Waals surface area (Å²) in [6.07, 6.45) is 1.76. The van der Waals surface area contributed by atoms with E-state index in [0.29, 0.717) is 5.11 Å². The van der Waals surface area contributed by atoms with Crippen molar-refractivity contribution >= 4 is 38.9 Å². The Kier molecular flexibility index (Phi) is 5.53. The number of nitrogens with zero attached hydrogens (tertiary/aromatic N) is 2. The van der Waals surface area contributed by atoms with Gasteiger partial charge in [0.25, 0.3) is 0 Å². The second-order valence-corrected chi connectivity index (χ2v) is 8.90. The Balaban J connectivity index is 1.60. The Morgan fingerprint density at radius 1 is 1.06 bits per heavy atom. The molecule has 1 saturated heterocycles. The Labute approximate surface area is 199 Å². The van der Waals surface area contributed by atoms with Crippen molar-refractivity contribution in [2.75, 3.05) is 4.90 Å². The van der Waals surface area contributed by atoms with Gasteiger partial charge in [0.05, 0.1) is 11.7 Å². The van der Waals surface area contributed by atoms with Crippen molar-refractivity contribution in [1.82, 2.24) is 10.3 Å². The van der Waals surface area contributed by atoms with Crippen LogP contribution in [-0.2, 0) is 0 Å². The van der Waals surface area contributed by atoms with Gasteiger partial charge in [0, 0.05) is 21.9 Å². The van der Waals surface area contributed by atoms with Gasteiger partial charge in [0.2, 0.25) is 0 Å². The highest BCUT2D eigenvalue weighted by Gasteiger charge is 2.42. The van der Waals surface area contributed by atoms with Crippen LogP contribution in [0.4, 0.5) is 10.1 Å². The third kappa shape index (κ3) is 3.82. The number of hydrogen-bond acceptors (Lipinski definition) is 3. The summed E-state index contributed by atoms with van der Waals surface area (Å²) in [5, 5.41) is 3.92. The highest BCUT2D eigenvalue weighted by Crippen LogP contribution is 2.43. The quantitative estimate of drug-likeness (QED) is 0.310. The number of hydrogen-bond donors (Lipinski definition) is 1. The molecule has 0 saturated carbocycles. The lowest BCUT2D eigenvalue weighted by Crippen LogP contribution is -2.29. The fourth-order valence-electron chi connectivity index (χ4n) is 4.00. The van der Waals surface area contributed by atoms with Crippen LogP contribution in [-0.4, -0.2) is 10.1 Å². The molecule has 0 radical (unpaired) electrons. The molecule has 2 aromatic carbocycles. The summed E-state index contributed by atoms with van der Waals surface area (Å²) in [5.41, 5.74) is 3.76. The number of thiocarbonyl (C=S) groups is 1. The molecule has 7 heteroatoms. The number of nitrogens with one attached hydrogen (secondary N) is 1. The maximum atomic E-state index is 13.6. The predicted molar refractivity (Wildman–Crippen MR) is 131 cm³/mol. The summed E-state index contributed by atoms with van der Waals surface area (Å²) >= 11 is 9.33. The van der Waals surface area contributed by atoms with Gasteiger partial charge in [0.1, 0.15) is 23.4 Å². The van der Waals surface area contributed by atoms with Gasteiger partial charge < -0.3 is 14.6 Å². The Morgan fingerprint density at radius 2 is 1.88 bits per heavy atom. The monoisotopic (exact) mass is 507 g/mol. The third-order valence-corrected chi connectivity index (χ3v) is 6.48. The minimum atomic E-state index is -0.297. The number of anilines is 1. The number of pyridine rings is 1. The zero-order valence-electron chi connectivity index (χ0n) is 17.1. The lowest BCUT2D eigenvalue weighted by Gasteiger charge is -2.26. The molecule has 1 aliphatic rings. The molecule has 0 unspecified atom stereocenters. The van der Waals surface area contributed by atoms with Gasteiger partial charge in [0.15, 0.2) is 5.11 Å². The molecule has 1 N–H and O–H groups in total. The fraction of sp³-hybridized carbons (Fsp3) is 0.120. The van der Waals surface area contributed by atoms with Crippen LogP contribution in [0.25, 0.3) is 11.3 Å². The van der Waals surface area contributed by atoms with Gasteiger partial charge in [-0.15, -0.1) is 0 Å². The Bertz CT molecular complexity index is 1280. The van der Waals surface area contributed by atoms with Crippen LogP contribution in [0.2, 0.25) is 0 Å².